The maximum Gasteiger partial charge on any atom is 0.243 e. The first kappa shape index (κ1) is 20.4. The molecule has 0 heterocycles. The van der Waals surface area contributed by atoms with Crippen molar-refractivity contribution in [3.63, 3.8) is 0 Å². The van der Waals surface area contributed by atoms with E-state index in [0.29, 0.717) is 5.75 Å². The van der Waals surface area contributed by atoms with Gasteiger partial charge in [-0.15, -0.1) is 0 Å². The van der Waals surface area contributed by atoms with Crippen molar-refractivity contribution in [1.29, 1.82) is 0 Å². The number of rotatable bonds is 7. The summed E-state index contributed by atoms with van der Waals surface area (Å²) in [6, 6.07) is 9.60. The van der Waals surface area contributed by atoms with E-state index in [9.17, 15) is 14.0 Å². The molecule has 27 heavy (non-hydrogen) atoms. The van der Waals surface area contributed by atoms with Gasteiger partial charge in [0.15, 0.2) is 0 Å². The average molecular weight is 372 g/mol. The van der Waals surface area contributed by atoms with Gasteiger partial charge in [-0.1, -0.05) is 17.7 Å². The zero-order chi connectivity index (χ0) is 20.0. The molecule has 1 N–H and O–H groups in total. The van der Waals surface area contributed by atoms with Crippen LogP contribution in [0.3, 0.4) is 0 Å². The minimum absolute atomic E-state index is 0.0395. The van der Waals surface area contributed by atoms with Crippen LogP contribution in [0.5, 0.6) is 5.75 Å². The Hall–Kier alpha value is -2.89. The maximum absolute atomic E-state index is 12.8. The number of aryl methyl sites for hydroxylation is 3. The molecule has 144 valence electrons. The summed E-state index contributed by atoms with van der Waals surface area (Å²) >= 11 is 0. The van der Waals surface area contributed by atoms with Crippen molar-refractivity contribution >= 4 is 17.5 Å². The van der Waals surface area contributed by atoms with Gasteiger partial charge in [-0.2, -0.15) is 0 Å². The van der Waals surface area contributed by atoms with Gasteiger partial charge in [0.25, 0.3) is 0 Å². The molecule has 0 unspecified atom stereocenters. The molecular formula is C21H25FN2O3. The molecule has 0 saturated carbocycles. The molecule has 0 fully saturated rings. The third kappa shape index (κ3) is 6.09. The molecule has 0 saturated heterocycles. The summed E-state index contributed by atoms with van der Waals surface area (Å²) in [6.07, 6.45) is 0.129. The van der Waals surface area contributed by atoms with E-state index in [1.807, 2.05) is 32.9 Å². The van der Waals surface area contributed by atoms with Gasteiger partial charge in [-0.05, 0) is 56.2 Å². The van der Waals surface area contributed by atoms with E-state index < -0.39 is 0 Å². The molecule has 2 amide bonds. The highest BCUT2D eigenvalue weighted by molar-refractivity contribution is 5.95. The number of amides is 2. The lowest BCUT2D eigenvalue weighted by molar-refractivity contribution is -0.133. The number of hydrogen-bond acceptors (Lipinski definition) is 3. The summed E-state index contributed by atoms with van der Waals surface area (Å²) in [5.41, 5.74) is 3.90. The van der Waals surface area contributed by atoms with Gasteiger partial charge in [-0.25, -0.2) is 4.39 Å². The van der Waals surface area contributed by atoms with Crippen LogP contribution in [0.2, 0.25) is 0 Å². The van der Waals surface area contributed by atoms with Crippen LogP contribution in [-0.2, 0) is 9.59 Å². The van der Waals surface area contributed by atoms with Crippen LogP contribution < -0.4 is 10.1 Å². The van der Waals surface area contributed by atoms with Gasteiger partial charge in [0, 0.05) is 12.7 Å². The van der Waals surface area contributed by atoms with Crippen molar-refractivity contribution in [1.82, 2.24) is 4.90 Å². The number of anilines is 1. The predicted molar refractivity (Wildman–Crippen MR) is 103 cm³/mol. The van der Waals surface area contributed by atoms with E-state index in [4.69, 9.17) is 4.74 Å². The number of carbonyl (C=O) groups is 2. The lowest BCUT2D eigenvalue weighted by Crippen LogP contribution is -2.35. The van der Waals surface area contributed by atoms with Gasteiger partial charge in [0.2, 0.25) is 11.8 Å². The summed E-state index contributed by atoms with van der Waals surface area (Å²) in [4.78, 5) is 25.8. The fourth-order valence-electron chi connectivity index (χ4n) is 2.84. The van der Waals surface area contributed by atoms with Gasteiger partial charge in [-0.3, -0.25) is 9.59 Å². The standard InChI is InChI=1S/C21H25FN2O3/c1-14-11-15(2)21(16(3)12-14)23-19(25)13-24(4)20(26)9-10-27-18-7-5-17(22)6-8-18/h5-8,11-12H,9-10,13H2,1-4H3,(H,23,25). The van der Waals surface area contributed by atoms with E-state index in [2.05, 4.69) is 5.32 Å². The Labute approximate surface area is 159 Å². The van der Waals surface area contributed by atoms with Crippen LogP contribution in [0, 0.1) is 26.6 Å². The minimum Gasteiger partial charge on any atom is -0.493 e. The van der Waals surface area contributed by atoms with Crippen LogP contribution in [0.25, 0.3) is 0 Å². The monoisotopic (exact) mass is 372 g/mol. The number of hydrogen-bond donors (Lipinski definition) is 1. The van der Waals surface area contributed by atoms with E-state index >= 15 is 0 Å². The van der Waals surface area contributed by atoms with E-state index in [0.717, 1.165) is 22.4 Å². The molecular weight excluding hydrogens is 347 g/mol. The molecule has 0 bridgehead atoms. The zero-order valence-electron chi connectivity index (χ0n) is 16.1. The highest BCUT2D eigenvalue weighted by atomic mass is 19.1. The second-order valence-electron chi connectivity index (χ2n) is 6.62. The van der Waals surface area contributed by atoms with Crippen LogP contribution in [0.1, 0.15) is 23.1 Å². The Bertz CT molecular complexity index is 796. The molecule has 0 aliphatic heterocycles. The van der Waals surface area contributed by atoms with E-state index in [-0.39, 0.29) is 37.2 Å². The van der Waals surface area contributed by atoms with Crippen molar-refractivity contribution in [3.05, 3.63) is 58.9 Å². The zero-order valence-corrected chi connectivity index (χ0v) is 16.1. The van der Waals surface area contributed by atoms with Crippen LogP contribution in [0.4, 0.5) is 10.1 Å². The van der Waals surface area contributed by atoms with Gasteiger partial charge in [0.1, 0.15) is 11.6 Å². The quantitative estimate of drug-likeness (QED) is 0.808. The van der Waals surface area contributed by atoms with Crippen LogP contribution in [-0.4, -0.2) is 36.9 Å². The van der Waals surface area contributed by atoms with E-state index in [1.54, 1.807) is 7.05 Å². The Balaban J connectivity index is 1.81. The SMILES string of the molecule is Cc1cc(C)c(NC(=O)CN(C)C(=O)CCOc2ccc(F)cc2)c(C)c1. The molecule has 2 aromatic carbocycles. The first-order chi connectivity index (χ1) is 12.8. The number of halogens is 1. The molecule has 0 aliphatic carbocycles. The van der Waals surface area contributed by atoms with Crippen LogP contribution >= 0.6 is 0 Å². The van der Waals surface area contributed by atoms with Crippen molar-refractivity contribution in [3.8, 4) is 5.75 Å². The summed E-state index contributed by atoms with van der Waals surface area (Å²) in [7, 11) is 1.58. The topological polar surface area (TPSA) is 58.6 Å². The Morgan fingerprint density at radius 2 is 1.67 bits per heavy atom. The number of nitrogens with one attached hydrogen (secondary N) is 1. The predicted octanol–water partition coefficient (Wildman–Crippen LogP) is 3.62. The minimum atomic E-state index is -0.344. The molecule has 2 rings (SSSR count). The van der Waals surface area contributed by atoms with E-state index in [1.165, 1.54) is 29.2 Å². The molecule has 0 aromatic heterocycles. The van der Waals surface area contributed by atoms with Gasteiger partial charge < -0.3 is 15.0 Å². The molecule has 0 radical (unpaired) electrons. The van der Waals surface area contributed by atoms with Crippen LogP contribution in [0.15, 0.2) is 36.4 Å². The lowest BCUT2D eigenvalue weighted by atomic mass is 10.1. The molecule has 6 heteroatoms. The van der Waals surface area contributed by atoms with Gasteiger partial charge >= 0.3 is 0 Å². The number of carbonyl (C=O) groups excluding carboxylic acids is 2. The Morgan fingerprint density at radius 1 is 1.07 bits per heavy atom. The van der Waals surface area contributed by atoms with Crippen molar-refractivity contribution in [2.24, 2.45) is 0 Å². The summed E-state index contributed by atoms with van der Waals surface area (Å²) in [6.45, 7) is 6.01. The van der Waals surface area contributed by atoms with Gasteiger partial charge in [0.05, 0.1) is 19.6 Å². The molecule has 2 aromatic rings. The second kappa shape index (κ2) is 9.16. The smallest absolute Gasteiger partial charge is 0.243 e. The number of nitrogens with zero attached hydrogens (tertiary/aromatic N) is 1. The summed E-state index contributed by atoms with van der Waals surface area (Å²) in [5.74, 6) is -0.303. The Morgan fingerprint density at radius 3 is 2.26 bits per heavy atom. The molecule has 0 atom stereocenters. The molecule has 5 nitrogen and oxygen atoms in total. The highest BCUT2D eigenvalue weighted by Gasteiger charge is 2.15. The summed E-state index contributed by atoms with van der Waals surface area (Å²) in [5, 5.41) is 2.88. The highest BCUT2D eigenvalue weighted by Crippen LogP contribution is 2.21. The summed E-state index contributed by atoms with van der Waals surface area (Å²) < 4.78 is 18.2. The third-order valence-corrected chi connectivity index (χ3v) is 4.15. The van der Waals surface area contributed by atoms with Crippen molar-refractivity contribution in [2.75, 3.05) is 25.5 Å². The first-order valence-electron chi connectivity index (χ1n) is 8.76. The Kier molecular flexibility index (Phi) is 6.93. The average Bonchev–Trinajstić information content (AvgIpc) is 2.59. The van der Waals surface area contributed by atoms with Crippen molar-refractivity contribution < 1.29 is 18.7 Å². The molecule has 0 aliphatic rings. The maximum atomic E-state index is 12.8. The number of ether oxygens (including phenoxy) is 1. The normalized spacial score (nSPS) is 10.4. The van der Waals surface area contributed by atoms with Crippen molar-refractivity contribution in [2.45, 2.75) is 27.2 Å². The largest absolute Gasteiger partial charge is 0.493 e. The first-order valence-corrected chi connectivity index (χ1v) is 8.76. The third-order valence-electron chi connectivity index (χ3n) is 4.15. The lowest BCUT2D eigenvalue weighted by Gasteiger charge is -2.18. The fourth-order valence-corrected chi connectivity index (χ4v) is 2.84. The number of likely N-dealkylation sites (N-methyl/N-ethyl adjacent to an activating group) is 1. The fraction of sp³-hybridized carbons (Fsp3) is 0.333. The number of benzene rings is 2. The second-order valence-corrected chi connectivity index (χ2v) is 6.62. The molecule has 0 spiro atoms.